The molecule has 3 heteroatoms. The highest BCUT2D eigenvalue weighted by Gasteiger charge is 2.25. The smallest absolute Gasteiger partial charge is 0.104 e. The van der Waals surface area contributed by atoms with Crippen molar-refractivity contribution in [3.05, 3.63) is 0 Å². The summed E-state index contributed by atoms with van der Waals surface area (Å²) in [5.41, 5.74) is -0.0927. The van der Waals surface area contributed by atoms with Crippen LogP contribution in [0.15, 0.2) is 0 Å². The number of aliphatic hydroxyl groups is 1. The van der Waals surface area contributed by atoms with Crippen LogP contribution >= 0.6 is 0 Å². The van der Waals surface area contributed by atoms with Gasteiger partial charge in [-0.15, -0.1) is 0 Å². The summed E-state index contributed by atoms with van der Waals surface area (Å²) in [5, 5.41) is 9.59. The van der Waals surface area contributed by atoms with Gasteiger partial charge in [0, 0.05) is 0 Å². The SMILES string of the molecule is CC(C)(C)C(O)COC1COC1. The van der Waals surface area contributed by atoms with E-state index in [1.807, 2.05) is 20.8 Å². The third kappa shape index (κ3) is 2.73. The van der Waals surface area contributed by atoms with Gasteiger partial charge < -0.3 is 14.6 Å². The van der Waals surface area contributed by atoms with Crippen LogP contribution < -0.4 is 0 Å². The standard InChI is InChI=1S/C9H18O3/c1-9(2,3)8(10)6-12-7-4-11-5-7/h7-8,10H,4-6H2,1-3H3. The lowest BCUT2D eigenvalue weighted by molar-refractivity contribution is -0.152. The average Bonchev–Trinajstić information content (AvgIpc) is 1.81. The molecular formula is C9H18O3. The second-order valence-corrected chi connectivity index (χ2v) is 4.37. The Bertz CT molecular complexity index is 135. The summed E-state index contributed by atoms with van der Waals surface area (Å²) in [7, 11) is 0. The van der Waals surface area contributed by atoms with Gasteiger partial charge in [-0.25, -0.2) is 0 Å². The van der Waals surface area contributed by atoms with E-state index < -0.39 is 6.10 Å². The molecule has 0 spiro atoms. The van der Waals surface area contributed by atoms with Crippen LogP contribution in [0.3, 0.4) is 0 Å². The fraction of sp³-hybridized carbons (Fsp3) is 1.00. The Hall–Kier alpha value is -0.120. The average molecular weight is 174 g/mol. The van der Waals surface area contributed by atoms with E-state index in [1.54, 1.807) is 0 Å². The summed E-state index contributed by atoms with van der Waals surface area (Å²) in [6, 6.07) is 0. The van der Waals surface area contributed by atoms with E-state index in [1.165, 1.54) is 0 Å². The molecule has 1 aliphatic heterocycles. The van der Waals surface area contributed by atoms with Crippen LogP contribution in [0.1, 0.15) is 20.8 Å². The first-order chi connectivity index (χ1) is 5.50. The van der Waals surface area contributed by atoms with Gasteiger partial charge in [-0.2, -0.15) is 0 Å². The molecular weight excluding hydrogens is 156 g/mol. The molecule has 0 aromatic carbocycles. The molecule has 0 amide bonds. The van der Waals surface area contributed by atoms with E-state index in [0.717, 1.165) is 0 Å². The summed E-state index contributed by atoms with van der Waals surface area (Å²) in [6.07, 6.45) is -0.180. The zero-order chi connectivity index (χ0) is 9.19. The number of ether oxygens (including phenoxy) is 2. The van der Waals surface area contributed by atoms with Crippen molar-refractivity contribution in [2.45, 2.75) is 33.0 Å². The molecule has 1 unspecified atom stereocenters. The Morgan fingerprint density at radius 1 is 1.50 bits per heavy atom. The Morgan fingerprint density at radius 2 is 2.08 bits per heavy atom. The summed E-state index contributed by atoms with van der Waals surface area (Å²) in [6.45, 7) is 7.76. The van der Waals surface area contributed by atoms with Crippen LogP contribution in [0.5, 0.6) is 0 Å². The third-order valence-corrected chi connectivity index (χ3v) is 2.10. The molecule has 1 saturated heterocycles. The zero-order valence-corrected chi connectivity index (χ0v) is 8.04. The molecule has 72 valence electrons. The van der Waals surface area contributed by atoms with Crippen molar-refractivity contribution >= 4 is 0 Å². The van der Waals surface area contributed by atoms with Crippen LogP contribution in [-0.4, -0.2) is 37.1 Å². The van der Waals surface area contributed by atoms with Gasteiger partial charge in [0.1, 0.15) is 6.10 Å². The van der Waals surface area contributed by atoms with E-state index in [9.17, 15) is 5.11 Å². The molecule has 0 saturated carbocycles. The van der Waals surface area contributed by atoms with E-state index in [2.05, 4.69) is 0 Å². The lowest BCUT2D eigenvalue weighted by atomic mass is 9.90. The molecule has 12 heavy (non-hydrogen) atoms. The quantitative estimate of drug-likeness (QED) is 0.688. The minimum Gasteiger partial charge on any atom is -0.390 e. The van der Waals surface area contributed by atoms with Crippen LogP contribution in [0.25, 0.3) is 0 Å². The predicted molar refractivity (Wildman–Crippen MR) is 46.0 cm³/mol. The fourth-order valence-corrected chi connectivity index (χ4v) is 0.788. The molecule has 0 aliphatic carbocycles. The fourth-order valence-electron chi connectivity index (χ4n) is 0.788. The molecule has 1 heterocycles. The molecule has 1 atom stereocenters. The first-order valence-corrected chi connectivity index (χ1v) is 4.37. The van der Waals surface area contributed by atoms with Gasteiger partial charge in [0.05, 0.1) is 25.9 Å². The molecule has 1 fully saturated rings. The minimum absolute atomic E-state index is 0.0927. The third-order valence-electron chi connectivity index (χ3n) is 2.10. The molecule has 1 N–H and O–H groups in total. The molecule has 0 aromatic heterocycles. The Kier molecular flexibility index (Phi) is 3.09. The minimum atomic E-state index is -0.391. The van der Waals surface area contributed by atoms with Gasteiger partial charge in [-0.05, 0) is 5.41 Å². The highest BCUT2D eigenvalue weighted by molar-refractivity contribution is 4.73. The lowest BCUT2D eigenvalue weighted by Gasteiger charge is -2.31. The van der Waals surface area contributed by atoms with E-state index >= 15 is 0 Å². The summed E-state index contributed by atoms with van der Waals surface area (Å²) in [5.74, 6) is 0. The van der Waals surface area contributed by atoms with Gasteiger partial charge in [-0.1, -0.05) is 20.8 Å². The highest BCUT2D eigenvalue weighted by Crippen LogP contribution is 2.20. The van der Waals surface area contributed by atoms with Crippen molar-refractivity contribution < 1.29 is 14.6 Å². The zero-order valence-electron chi connectivity index (χ0n) is 8.04. The number of hydrogen-bond acceptors (Lipinski definition) is 3. The van der Waals surface area contributed by atoms with Gasteiger partial charge in [0.25, 0.3) is 0 Å². The second kappa shape index (κ2) is 3.73. The molecule has 1 rings (SSSR count). The summed E-state index contributed by atoms with van der Waals surface area (Å²) >= 11 is 0. The molecule has 3 nitrogen and oxygen atoms in total. The van der Waals surface area contributed by atoms with Crippen LogP contribution in [0.2, 0.25) is 0 Å². The normalized spacial score (nSPS) is 22.0. The Balaban J connectivity index is 2.13. The van der Waals surface area contributed by atoms with Crippen LogP contribution in [0.4, 0.5) is 0 Å². The summed E-state index contributed by atoms with van der Waals surface area (Å²) in [4.78, 5) is 0. The highest BCUT2D eigenvalue weighted by atomic mass is 16.6. The van der Waals surface area contributed by atoms with E-state index in [0.29, 0.717) is 19.8 Å². The monoisotopic (exact) mass is 174 g/mol. The number of aliphatic hydroxyl groups excluding tert-OH is 1. The van der Waals surface area contributed by atoms with E-state index in [4.69, 9.17) is 9.47 Å². The second-order valence-electron chi connectivity index (χ2n) is 4.37. The van der Waals surface area contributed by atoms with Crippen molar-refractivity contribution in [2.75, 3.05) is 19.8 Å². The topological polar surface area (TPSA) is 38.7 Å². The van der Waals surface area contributed by atoms with Crippen molar-refractivity contribution in [2.24, 2.45) is 5.41 Å². The van der Waals surface area contributed by atoms with Gasteiger partial charge in [0.15, 0.2) is 0 Å². The van der Waals surface area contributed by atoms with Gasteiger partial charge in [0.2, 0.25) is 0 Å². The largest absolute Gasteiger partial charge is 0.390 e. The molecule has 0 aromatic rings. The molecule has 1 aliphatic rings. The van der Waals surface area contributed by atoms with Gasteiger partial charge >= 0.3 is 0 Å². The first-order valence-electron chi connectivity index (χ1n) is 4.37. The predicted octanol–water partition coefficient (Wildman–Crippen LogP) is 0.809. The maximum Gasteiger partial charge on any atom is 0.104 e. The van der Waals surface area contributed by atoms with Crippen molar-refractivity contribution in [1.29, 1.82) is 0 Å². The molecule has 0 radical (unpaired) electrons. The lowest BCUT2D eigenvalue weighted by Crippen LogP contribution is -2.40. The van der Waals surface area contributed by atoms with Crippen molar-refractivity contribution in [3.8, 4) is 0 Å². The Morgan fingerprint density at radius 3 is 2.42 bits per heavy atom. The van der Waals surface area contributed by atoms with Crippen molar-refractivity contribution in [3.63, 3.8) is 0 Å². The van der Waals surface area contributed by atoms with Crippen molar-refractivity contribution in [1.82, 2.24) is 0 Å². The number of rotatable bonds is 3. The summed E-state index contributed by atoms with van der Waals surface area (Å²) < 4.78 is 10.3. The maximum atomic E-state index is 9.59. The molecule has 0 bridgehead atoms. The Labute approximate surface area is 73.7 Å². The van der Waals surface area contributed by atoms with Crippen LogP contribution in [0, 0.1) is 5.41 Å². The maximum absolute atomic E-state index is 9.59. The van der Waals surface area contributed by atoms with Gasteiger partial charge in [-0.3, -0.25) is 0 Å². The first kappa shape index (κ1) is 9.96. The number of hydrogen-bond donors (Lipinski definition) is 1. The van der Waals surface area contributed by atoms with Crippen LogP contribution in [-0.2, 0) is 9.47 Å². The van der Waals surface area contributed by atoms with E-state index in [-0.39, 0.29) is 11.5 Å².